The Kier molecular flexibility index (Phi) is 4.05. The van der Waals surface area contributed by atoms with Crippen LogP contribution < -0.4 is 11.2 Å². The lowest BCUT2D eigenvalue weighted by Gasteiger charge is -2.13. The first-order valence-corrected chi connectivity index (χ1v) is 8.97. The van der Waals surface area contributed by atoms with E-state index in [9.17, 15) is 14.0 Å². The van der Waals surface area contributed by atoms with Gasteiger partial charge in [-0.2, -0.15) is 0 Å². The fraction of sp³-hybridized carbons (Fsp3) is 0.100. The van der Waals surface area contributed by atoms with Crippen LogP contribution in [0, 0.1) is 12.7 Å². The molecule has 0 N–H and O–H groups in total. The molecule has 0 radical (unpaired) electrons. The first-order chi connectivity index (χ1) is 12.5. The Balaban J connectivity index is 2.00. The second-order valence-electron chi connectivity index (χ2n) is 6.11. The number of benzene rings is 2. The Labute approximate surface area is 152 Å². The molecule has 0 saturated carbocycles. The molecule has 0 spiro atoms. The fourth-order valence-corrected chi connectivity index (χ4v) is 3.90. The number of fused-ring (bicyclic) bond motifs is 1. The quantitative estimate of drug-likeness (QED) is 0.555. The van der Waals surface area contributed by atoms with E-state index in [2.05, 4.69) is 0 Å². The van der Waals surface area contributed by atoms with E-state index in [1.54, 1.807) is 22.1 Å². The van der Waals surface area contributed by atoms with Crippen molar-refractivity contribution in [2.45, 2.75) is 13.5 Å². The fourth-order valence-electron chi connectivity index (χ4n) is 3.08. The van der Waals surface area contributed by atoms with Gasteiger partial charge >= 0.3 is 5.69 Å². The molecule has 0 atom stereocenters. The van der Waals surface area contributed by atoms with E-state index in [0.717, 1.165) is 15.7 Å². The smallest absolute Gasteiger partial charge is 0.288 e. The zero-order valence-electron chi connectivity index (χ0n) is 14.0. The Morgan fingerprint density at radius 2 is 1.85 bits per heavy atom. The summed E-state index contributed by atoms with van der Waals surface area (Å²) in [6.07, 6.45) is 0. The van der Waals surface area contributed by atoms with Crippen molar-refractivity contribution in [3.63, 3.8) is 0 Å². The highest BCUT2D eigenvalue weighted by atomic mass is 32.1. The van der Waals surface area contributed by atoms with Crippen LogP contribution >= 0.6 is 11.3 Å². The molecule has 0 aliphatic carbocycles. The minimum absolute atomic E-state index is 0.230. The van der Waals surface area contributed by atoms with Crippen LogP contribution in [0.2, 0.25) is 0 Å². The van der Waals surface area contributed by atoms with Crippen LogP contribution in [-0.4, -0.2) is 9.13 Å². The summed E-state index contributed by atoms with van der Waals surface area (Å²) in [5.74, 6) is -0.495. The van der Waals surface area contributed by atoms with Gasteiger partial charge in [-0.15, -0.1) is 11.3 Å². The number of aromatic nitrogens is 2. The molecule has 2 aromatic carbocycles. The lowest BCUT2D eigenvalue weighted by atomic mass is 10.1. The molecule has 26 heavy (non-hydrogen) atoms. The Bertz CT molecular complexity index is 1240. The first kappa shape index (κ1) is 16.5. The van der Waals surface area contributed by atoms with Crippen molar-refractivity contribution in [1.82, 2.24) is 9.13 Å². The third-order valence-electron chi connectivity index (χ3n) is 4.24. The van der Waals surface area contributed by atoms with Gasteiger partial charge < -0.3 is 0 Å². The summed E-state index contributed by atoms with van der Waals surface area (Å²) in [7, 11) is 0. The zero-order chi connectivity index (χ0) is 18.3. The molecule has 0 aliphatic rings. The van der Waals surface area contributed by atoms with E-state index in [4.69, 9.17) is 0 Å². The second-order valence-corrected chi connectivity index (χ2v) is 7.03. The Morgan fingerprint density at radius 1 is 1.04 bits per heavy atom. The van der Waals surface area contributed by atoms with Crippen LogP contribution in [-0.2, 0) is 6.54 Å². The maximum atomic E-state index is 13.6. The van der Waals surface area contributed by atoms with Crippen LogP contribution in [0.25, 0.3) is 15.9 Å². The Morgan fingerprint density at radius 3 is 2.62 bits per heavy atom. The molecule has 2 heterocycles. The molecule has 6 heteroatoms. The summed E-state index contributed by atoms with van der Waals surface area (Å²) in [6, 6.07) is 15.2. The third-order valence-corrected chi connectivity index (χ3v) is 5.14. The molecule has 130 valence electrons. The number of hydrogen-bond acceptors (Lipinski definition) is 3. The minimum atomic E-state index is -0.495. The van der Waals surface area contributed by atoms with E-state index >= 15 is 0 Å². The molecular weight excluding hydrogens is 351 g/mol. The highest BCUT2D eigenvalue weighted by molar-refractivity contribution is 7.17. The molecule has 0 unspecified atom stereocenters. The van der Waals surface area contributed by atoms with E-state index < -0.39 is 17.1 Å². The second kappa shape index (κ2) is 6.38. The molecule has 4 nitrogen and oxygen atoms in total. The van der Waals surface area contributed by atoms with Crippen LogP contribution in [0.3, 0.4) is 0 Å². The molecule has 0 fully saturated rings. The van der Waals surface area contributed by atoms with Gasteiger partial charge in [-0.1, -0.05) is 35.9 Å². The maximum Gasteiger partial charge on any atom is 0.336 e. The molecule has 0 saturated heterocycles. The van der Waals surface area contributed by atoms with Crippen LogP contribution in [0.1, 0.15) is 11.1 Å². The van der Waals surface area contributed by atoms with Gasteiger partial charge in [0.25, 0.3) is 5.56 Å². The summed E-state index contributed by atoms with van der Waals surface area (Å²) >= 11 is 1.28. The van der Waals surface area contributed by atoms with Crippen molar-refractivity contribution in [1.29, 1.82) is 0 Å². The molecule has 0 amide bonds. The topological polar surface area (TPSA) is 44.0 Å². The normalized spacial score (nSPS) is 11.2. The monoisotopic (exact) mass is 366 g/mol. The standard InChI is InChI=1S/C20H15FN2O2S/c1-13-4-2-5-14(10-13)12-22-17-8-9-26-18(17)19(24)23(20(22)25)16-7-3-6-15(21)11-16/h2-11H,12H2,1H3. The van der Waals surface area contributed by atoms with Crippen LogP contribution in [0.5, 0.6) is 0 Å². The van der Waals surface area contributed by atoms with Crippen molar-refractivity contribution in [3.05, 3.63) is 97.8 Å². The number of rotatable bonds is 3. The van der Waals surface area contributed by atoms with Gasteiger partial charge in [0, 0.05) is 0 Å². The zero-order valence-corrected chi connectivity index (χ0v) is 14.8. The predicted octanol–water partition coefficient (Wildman–Crippen LogP) is 3.71. The summed E-state index contributed by atoms with van der Waals surface area (Å²) in [6.45, 7) is 2.32. The van der Waals surface area contributed by atoms with Crippen molar-refractivity contribution in [2.75, 3.05) is 0 Å². The first-order valence-electron chi connectivity index (χ1n) is 8.09. The molecular formula is C20H15FN2O2S. The third kappa shape index (κ3) is 2.78. The lowest BCUT2D eigenvalue weighted by Crippen LogP contribution is -2.38. The highest BCUT2D eigenvalue weighted by Crippen LogP contribution is 2.18. The maximum absolute atomic E-state index is 13.6. The highest BCUT2D eigenvalue weighted by Gasteiger charge is 2.16. The molecule has 0 aliphatic heterocycles. The minimum Gasteiger partial charge on any atom is -0.288 e. The average Bonchev–Trinajstić information content (AvgIpc) is 3.09. The van der Waals surface area contributed by atoms with Crippen molar-refractivity contribution < 1.29 is 4.39 Å². The van der Waals surface area contributed by atoms with Crippen LogP contribution in [0.4, 0.5) is 4.39 Å². The molecule has 2 aromatic heterocycles. The van der Waals surface area contributed by atoms with Gasteiger partial charge in [-0.25, -0.2) is 13.8 Å². The van der Waals surface area contributed by atoms with Gasteiger partial charge in [0.05, 0.1) is 17.7 Å². The summed E-state index contributed by atoms with van der Waals surface area (Å²) in [5, 5.41) is 1.79. The summed E-state index contributed by atoms with van der Waals surface area (Å²) in [4.78, 5) is 25.9. The molecule has 0 bridgehead atoms. The van der Waals surface area contributed by atoms with Gasteiger partial charge in [0.2, 0.25) is 0 Å². The van der Waals surface area contributed by atoms with Crippen molar-refractivity contribution in [3.8, 4) is 5.69 Å². The van der Waals surface area contributed by atoms with Crippen LogP contribution in [0.15, 0.2) is 69.6 Å². The van der Waals surface area contributed by atoms with Gasteiger partial charge in [0.15, 0.2) is 0 Å². The van der Waals surface area contributed by atoms with E-state index in [1.165, 1.54) is 29.5 Å². The number of hydrogen-bond donors (Lipinski definition) is 0. The van der Waals surface area contributed by atoms with Gasteiger partial charge in [0.1, 0.15) is 10.5 Å². The number of nitrogens with zero attached hydrogens (tertiary/aromatic N) is 2. The largest absolute Gasteiger partial charge is 0.336 e. The van der Waals surface area contributed by atoms with Crippen molar-refractivity contribution >= 4 is 21.6 Å². The van der Waals surface area contributed by atoms with E-state index in [1.807, 2.05) is 31.2 Å². The molecule has 4 aromatic rings. The predicted molar refractivity (Wildman–Crippen MR) is 102 cm³/mol. The lowest BCUT2D eigenvalue weighted by molar-refractivity contribution is 0.624. The number of thiophene rings is 1. The van der Waals surface area contributed by atoms with Crippen molar-refractivity contribution in [2.24, 2.45) is 0 Å². The van der Waals surface area contributed by atoms with E-state index in [0.29, 0.717) is 16.8 Å². The van der Waals surface area contributed by atoms with E-state index in [-0.39, 0.29) is 5.69 Å². The SMILES string of the molecule is Cc1cccc(Cn2c(=O)n(-c3cccc(F)c3)c(=O)c3sccc32)c1. The number of aryl methyl sites for hydroxylation is 1. The van der Waals surface area contributed by atoms with Gasteiger partial charge in [-0.05, 0) is 42.1 Å². The Hall–Kier alpha value is -2.99. The molecule has 4 rings (SSSR count). The summed E-state index contributed by atoms with van der Waals surface area (Å²) < 4.78 is 16.7. The number of halogens is 1. The average molecular weight is 366 g/mol. The van der Waals surface area contributed by atoms with Gasteiger partial charge in [-0.3, -0.25) is 9.36 Å². The summed E-state index contributed by atoms with van der Waals surface area (Å²) in [5.41, 5.74) is 1.98.